The Morgan fingerprint density at radius 1 is 1.05 bits per heavy atom. The highest BCUT2D eigenvalue weighted by atomic mass is 16.6. The first-order valence-electron chi connectivity index (χ1n) is 5.93. The average Bonchev–Trinajstić information content (AvgIpc) is 2.45. The van der Waals surface area contributed by atoms with E-state index in [1.54, 1.807) is 0 Å². The van der Waals surface area contributed by atoms with Crippen LogP contribution in [0.4, 0.5) is 5.69 Å². The van der Waals surface area contributed by atoms with Gasteiger partial charge in [-0.25, -0.2) is 0 Å². The lowest BCUT2D eigenvalue weighted by atomic mass is 10.2. The lowest BCUT2D eigenvalue weighted by Crippen LogP contribution is -1.98. The predicted molar refractivity (Wildman–Crippen MR) is 76.2 cm³/mol. The molecular formula is C15H14N2O2. The maximum Gasteiger partial charge on any atom is 0.235 e. The van der Waals surface area contributed by atoms with Crippen molar-refractivity contribution in [2.75, 3.05) is 5.32 Å². The molecule has 4 nitrogen and oxygen atoms in total. The summed E-state index contributed by atoms with van der Waals surface area (Å²) in [4.78, 5) is 9.73. The monoisotopic (exact) mass is 254 g/mol. The zero-order valence-corrected chi connectivity index (χ0v) is 10.3. The number of nitrogens with zero attached hydrogens (tertiary/aromatic N) is 1. The third kappa shape index (κ3) is 4.27. The first kappa shape index (κ1) is 12.8. The van der Waals surface area contributed by atoms with Crippen molar-refractivity contribution >= 4 is 11.8 Å². The maximum atomic E-state index is 10.2. The second-order valence-corrected chi connectivity index (χ2v) is 4.06. The van der Waals surface area contributed by atoms with Crippen LogP contribution < -0.4 is 5.32 Å². The van der Waals surface area contributed by atoms with E-state index >= 15 is 0 Å². The zero-order chi connectivity index (χ0) is 13.5. The minimum Gasteiger partial charge on any atom is -0.381 e. The lowest BCUT2D eigenvalue weighted by molar-refractivity contribution is -0.400. The number of benzene rings is 2. The molecule has 0 aliphatic heterocycles. The molecule has 96 valence electrons. The minimum atomic E-state index is -0.471. The Morgan fingerprint density at radius 2 is 1.74 bits per heavy atom. The largest absolute Gasteiger partial charge is 0.381 e. The summed E-state index contributed by atoms with van der Waals surface area (Å²) >= 11 is 0. The van der Waals surface area contributed by atoms with Gasteiger partial charge in [-0.15, -0.1) is 0 Å². The Bertz CT molecular complexity index is 562. The number of nitro groups is 1. The molecule has 2 rings (SSSR count). The predicted octanol–water partition coefficient (Wildman–Crippen LogP) is 3.55. The molecule has 0 aliphatic rings. The van der Waals surface area contributed by atoms with Crippen molar-refractivity contribution in [3.8, 4) is 0 Å². The SMILES string of the molecule is O=[N+]([O-])/C=C/c1ccc(NCc2ccccc2)cc1. The molecule has 0 heterocycles. The third-order valence-corrected chi connectivity index (χ3v) is 2.64. The fourth-order valence-electron chi connectivity index (χ4n) is 1.66. The molecule has 0 amide bonds. The van der Waals surface area contributed by atoms with E-state index in [4.69, 9.17) is 0 Å². The summed E-state index contributed by atoms with van der Waals surface area (Å²) in [5.74, 6) is 0. The van der Waals surface area contributed by atoms with Crippen LogP contribution in [0.5, 0.6) is 0 Å². The van der Waals surface area contributed by atoms with Crippen LogP contribution in [0.25, 0.3) is 6.08 Å². The number of rotatable bonds is 5. The summed E-state index contributed by atoms with van der Waals surface area (Å²) in [5, 5.41) is 13.5. The first-order valence-corrected chi connectivity index (χ1v) is 5.93. The van der Waals surface area contributed by atoms with Crippen molar-refractivity contribution in [2.24, 2.45) is 0 Å². The van der Waals surface area contributed by atoms with Gasteiger partial charge in [-0.3, -0.25) is 10.1 Å². The molecule has 0 saturated heterocycles. The number of hydrogen-bond donors (Lipinski definition) is 1. The Hall–Kier alpha value is -2.62. The molecule has 0 bridgehead atoms. The summed E-state index contributed by atoms with van der Waals surface area (Å²) in [6.07, 6.45) is 2.41. The quantitative estimate of drug-likeness (QED) is 0.655. The van der Waals surface area contributed by atoms with Crippen molar-refractivity contribution in [1.29, 1.82) is 0 Å². The van der Waals surface area contributed by atoms with Gasteiger partial charge in [0.1, 0.15) is 0 Å². The molecular weight excluding hydrogens is 240 g/mol. The molecule has 0 aromatic heterocycles. The minimum absolute atomic E-state index is 0.471. The van der Waals surface area contributed by atoms with Crippen LogP contribution in [0.3, 0.4) is 0 Å². The number of anilines is 1. The van der Waals surface area contributed by atoms with Gasteiger partial charge >= 0.3 is 0 Å². The van der Waals surface area contributed by atoms with Gasteiger partial charge in [0.25, 0.3) is 0 Å². The van der Waals surface area contributed by atoms with Crippen molar-refractivity contribution in [1.82, 2.24) is 0 Å². The van der Waals surface area contributed by atoms with E-state index in [0.29, 0.717) is 0 Å². The standard InChI is InChI=1S/C15H14N2O2/c18-17(19)11-10-13-6-8-15(9-7-13)16-12-14-4-2-1-3-5-14/h1-11,16H,12H2/b11-10+. The average molecular weight is 254 g/mol. The van der Waals surface area contributed by atoms with E-state index in [9.17, 15) is 10.1 Å². The van der Waals surface area contributed by atoms with E-state index in [0.717, 1.165) is 24.0 Å². The third-order valence-electron chi connectivity index (χ3n) is 2.64. The fourth-order valence-corrected chi connectivity index (χ4v) is 1.66. The van der Waals surface area contributed by atoms with Crippen LogP contribution in [-0.2, 0) is 6.54 Å². The first-order chi connectivity index (χ1) is 9.24. The Morgan fingerprint density at radius 3 is 2.37 bits per heavy atom. The highest BCUT2D eigenvalue weighted by molar-refractivity contribution is 5.54. The van der Waals surface area contributed by atoms with Crippen LogP contribution in [0.15, 0.2) is 60.8 Å². The van der Waals surface area contributed by atoms with Crippen molar-refractivity contribution < 1.29 is 4.92 Å². The molecule has 19 heavy (non-hydrogen) atoms. The van der Waals surface area contributed by atoms with Crippen molar-refractivity contribution in [3.05, 3.63) is 82.0 Å². The van der Waals surface area contributed by atoms with Gasteiger partial charge in [-0.2, -0.15) is 0 Å². The van der Waals surface area contributed by atoms with E-state index < -0.39 is 4.92 Å². The van der Waals surface area contributed by atoms with Crippen LogP contribution in [0, 0.1) is 10.1 Å². The van der Waals surface area contributed by atoms with Crippen LogP contribution >= 0.6 is 0 Å². The van der Waals surface area contributed by atoms with Gasteiger partial charge in [0.2, 0.25) is 6.20 Å². The maximum absolute atomic E-state index is 10.2. The fraction of sp³-hybridized carbons (Fsp3) is 0.0667. The normalized spacial score (nSPS) is 10.5. The molecule has 0 saturated carbocycles. The zero-order valence-electron chi connectivity index (χ0n) is 10.3. The second kappa shape index (κ2) is 6.35. The summed E-state index contributed by atoms with van der Waals surface area (Å²) in [6, 6.07) is 17.6. The van der Waals surface area contributed by atoms with Crippen LogP contribution in [0.2, 0.25) is 0 Å². The van der Waals surface area contributed by atoms with E-state index in [1.165, 1.54) is 11.6 Å². The molecule has 0 radical (unpaired) electrons. The summed E-state index contributed by atoms with van der Waals surface area (Å²) < 4.78 is 0. The Labute approximate surface area is 111 Å². The lowest BCUT2D eigenvalue weighted by Gasteiger charge is -2.06. The molecule has 0 fully saturated rings. The van der Waals surface area contributed by atoms with Gasteiger partial charge in [-0.1, -0.05) is 42.5 Å². The van der Waals surface area contributed by atoms with Crippen LogP contribution in [0.1, 0.15) is 11.1 Å². The van der Waals surface area contributed by atoms with Gasteiger partial charge in [0, 0.05) is 18.3 Å². The van der Waals surface area contributed by atoms with Gasteiger partial charge in [0.05, 0.1) is 4.92 Å². The molecule has 0 atom stereocenters. The van der Waals surface area contributed by atoms with Crippen LogP contribution in [-0.4, -0.2) is 4.92 Å². The molecule has 4 heteroatoms. The Balaban J connectivity index is 1.94. The Kier molecular flexibility index (Phi) is 4.29. The smallest absolute Gasteiger partial charge is 0.235 e. The molecule has 1 N–H and O–H groups in total. The van der Waals surface area contributed by atoms with E-state index in [-0.39, 0.29) is 0 Å². The highest BCUT2D eigenvalue weighted by Gasteiger charge is 1.94. The van der Waals surface area contributed by atoms with Crippen molar-refractivity contribution in [2.45, 2.75) is 6.54 Å². The molecule has 2 aromatic carbocycles. The van der Waals surface area contributed by atoms with Gasteiger partial charge < -0.3 is 5.32 Å². The summed E-state index contributed by atoms with van der Waals surface area (Å²) in [7, 11) is 0. The second-order valence-electron chi connectivity index (χ2n) is 4.06. The topological polar surface area (TPSA) is 55.2 Å². The molecule has 0 unspecified atom stereocenters. The van der Waals surface area contributed by atoms with E-state index in [2.05, 4.69) is 17.4 Å². The van der Waals surface area contributed by atoms with Gasteiger partial charge in [-0.05, 0) is 23.3 Å². The van der Waals surface area contributed by atoms with E-state index in [1.807, 2.05) is 42.5 Å². The highest BCUT2D eigenvalue weighted by Crippen LogP contribution is 2.12. The van der Waals surface area contributed by atoms with Gasteiger partial charge in [0.15, 0.2) is 0 Å². The molecule has 0 aliphatic carbocycles. The summed E-state index contributed by atoms with van der Waals surface area (Å²) in [6.45, 7) is 0.755. The number of hydrogen-bond acceptors (Lipinski definition) is 3. The molecule has 0 spiro atoms. The summed E-state index contributed by atoms with van der Waals surface area (Å²) in [5.41, 5.74) is 3.00. The number of nitrogens with one attached hydrogen (secondary N) is 1. The van der Waals surface area contributed by atoms with Crippen molar-refractivity contribution in [3.63, 3.8) is 0 Å². The molecule has 2 aromatic rings.